The van der Waals surface area contributed by atoms with E-state index in [-0.39, 0.29) is 0 Å². The van der Waals surface area contributed by atoms with Crippen LogP contribution in [-0.4, -0.2) is 43.6 Å². The molecule has 2 heterocycles. The van der Waals surface area contributed by atoms with Crippen LogP contribution in [0.4, 0.5) is 0 Å². The normalized spacial score (nSPS) is 20.9. The molecule has 5 nitrogen and oxygen atoms in total. The van der Waals surface area contributed by atoms with Gasteiger partial charge in [0.05, 0.1) is 5.70 Å². The summed E-state index contributed by atoms with van der Waals surface area (Å²) in [6.45, 7) is 14.0. The van der Waals surface area contributed by atoms with Crippen molar-refractivity contribution in [2.45, 2.75) is 27.2 Å². The second-order valence-electron chi connectivity index (χ2n) is 5.91. The lowest BCUT2D eigenvalue weighted by molar-refractivity contribution is 0.299. The van der Waals surface area contributed by atoms with Gasteiger partial charge in [0.15, 0.2) is 0 Å². The number of hydrogen-bond donors (Lipinski definition) is 2. The summed E-state index contributed by atoms with van der Waals surface area (Å²) in [7, 11) is 0. The van der Waals surface area contributed by atoms with E-state index < -0.39 is 0 Å². The lowest BCUT2D eigenvalue weighted by atomic mass is 10.0. The number of nitrogens with zero attached hydrogens (tertiary/aromatic N) is 3. The summed E-state index contributed by atoms with van der Waals surface area (Å²) in [4.78, 5) is 11.2. The molecule has 0 amide bonds. The Balaban J connectivity index is 2.39. The maximum absolute atomic E-state index is 4.60. The number of allylic oxidation sites excluding steroid dienone is 6. The van der Waals surface area contributed by atoms with Crippen molar-refractivity contribution >= 4 is 12.6 Å². The maximum Gasteiger partial charge on any atom is 0.139 e. The summed E-state index contributed by atoms with van der Waals surface area (Å²) in [6, 6.07) is 0. The van der Waals surface area contributed by atoms with Gasteiger partial charge in [-0.3, -0.25) is 4.99 Å². The molecule has 0 radical (unpaired) electrons. The number of rotatable bonds is 6. The summed E-state index contributed by atoms with van der Waals surface area (Å²) < 4.78 is 0. The molecule has 1 saturated heterocycles. The Morgan fingerprint density at radius 2 is 2.20 bits per heavy atom. The second-order valence-corrected chi connectivity index (χ2v) is 5.91. The van der Waals surface area contributed by atoms with Crippen molar-refractivity contribution in [3.8, 4) is 0 Å². The zero-order valence-corrected chi connectivity index (χ0v) is 15.5. The molecule has 0 bridgehead atoms. The highest BCUT2D eigenvalue weighted by molar-refractivity contribution is 6.07. The van der Waals surface area contributed by atoms with Gasteiger partial charge in [-0.15, -0.1) is 0 Å². The first-order valence-electron chi connectivity index (χ1n) is 8.89. The minimum atomic E-state index is 0.836. The van der Waals surface area contributed by atoms with Crippen molar-refractivity contribution in [1.29, 1.82) is 0 Å². The van der Waals surface area contributed by atoms with Crippen LogP contribution in [0.5, 0.6) is 0 Å². The number of amidine groups is 1. The average Bonchev–Trinajstić information content (AvgIpc) is 3.06. The molecular weight excluding hydrogens is 310 g/mol. The van der Waals surface area contributed by atoms with Gasteiger partial charge in [0.1, 0.15) is 5.84 Å². The first-order chi connectivity index (χ1) is 12.2. The molecule has 0 aromatic heterocycles. The van der Waals surface area contributed by atoms with Crippen LogP contribution in [0, 0.1) is 0 Å². The highest BCUT2D eigenvalue weighted by atomic mass is 15.2. The monoisotopic (exact) mass is 339 g/mol. The first kappa shape index (κ1) is 18.9. The van der Waals surface area contributed by atoms with Crippen molar-refractivity contribution in [2.75, 3.05) is 26.2 Å². The second kappa shape index (κ2) is 9.79. The van der Waals surface area contributed by atoms with Gasteiger partial charge in [-0.1, -0.05) is 25.2 Å². The standard InChI is InChI=1S/C20H29N5/c1-5-7-9-18(21-4)17-15-24-20(23-10-8-6-2)19(17)16(3)25-13-11-22-12-14-25/h5,7-10,15,22H,4,6,11-14H2,1-3H3,(H,23,24)/b7-5-,10-8+,18-9-,19-16+. The molecule has 2 aliphatic rings. The fourth-order valence-electron chi connectivity index (χ4n) is 2.88. The van der Waals surface area contributed by atoms with Crippen molar-refractivity contribution in [1.82, 2.24) is 15.5 Å². The summed E-state index contributed by atoms with van der Waals surface area (Å²) in [5.74, 6) is 0.866. The third-order valence-corrected chi connectivity index (χ3v) is 4.25. The largest absolute Gasteiger partial charge is 0.372 e. The molecule has 0 aromatic carbocycles. The Hall–Kier alpha value is -2.40. The number of hydrogen-bond acceptors (Lipinski definition) is 5. The van der Waals surface area contributed by atoms with Gasteiger partial charge in [0, 0.05) is 49.2 Å². The van der Waals surface area contributed by atoms with Gasteiger partial charge in [-0.05, 0) is 39.3 Å². The molecule has 0 aromatic rings. The number of piperazine rings is 1. The fourth-order valence-corrected chi connectivity index (χ4v) is 2.88. The first-order valence-corrected chi connectivity index (χ1v) is 8.89. The van der Waals surface area contributed by atoms with Crippen molar-refractivity contribution < 1.29 is 0 Å². The Morgan fingerprint density at radius 1 is 1.44 bits per heavy atom. The van der Waals surface area contributed by atoms with Gasteiger partial charge < -0.3 is 15.5 Å². The molecule has 25 heavy (non-hydrogen) atoms. The summed E-state index contributed by atoms with van der Waals surface area (Å²) in [5, 5.41) is 6.73. The summed E-state index contributed by atoms with van der Waals surface area (Å²) in [5.41, 5.74) is 4.17. The van der Waals surface area contributed by atoms with Gasteiger partial charge >= 0.3 is 0 Å². The van der Waals surface area contributed by atoms with E-state index in [0.29, 0.717) is 0 Å². The molecule has 0 spiro atoms. The highest BCUT2D eigenvalue weighted by Gasteiger charge is 2.25. The van der Waals surface area contributed by atoms with Gasteiger partial charge in [-0.2, -0.15) is 0 Å². The van der Waals surface area contributed by atoms with E-state index in [1.54, 1.807) is 0 Å². The molecule has 0 saturated carbocycles. The van der Waals surface area contributed by atoms with E-state index in [1.807, 2.05) is 37.6 Å². The predicted octanol–water partition coefficient (Wildman–Crippen LogP) is 3.14. The van der Waals surface area contributed by atoms with Crippen LogP contribution in [0.1, 0.15) is 27.2 Å². The molecule has 0 aliphatic carbocycles. The van der Waals surface area contributed by atoms with E-state index in [0.717, 1.165) is 55.3 Å². The maximum atomic E-state index is 4.60. The van der Waals surface area contributed by atoms with E-state index in [4.69, 9.17) is 0 Å². The molecule has 0 unspecified atom stereocenters. The van der Waals surface area contributed by atoms with E-state index in [9.17, 15) is 0 Å². The van der Waals surface area contributed by atoms with Gasteiger partial charge in [0.25, 0.3) is 0 Å². The van der Waals surface area contributed by atoms with Crippen LogP contribution >= 0.6 is 0 Å². The average molecular weight is 339 g/mol. The Kier molecular flexibility index (Phi) is 7.41. The van der Waals surface area contributed by atoms with Crippen molar-refractivity contribution in [3.63, 3.8) is 0 Å². The van der Waals surface area contributed by atoms with Crippen LogP contribution < -0.4 is 10.6 Å². The van der Waals surface area contributed by atoms with Crippen LogP contribution in [0.15, 0.2) is 69.2 Å². The minimum Gasteiger partial charge on any atom is -0.372 e. The summed E-state index contributed by atoms with van der Waals surface area (Å²) in [6.07, 6.45) is 12.8. The lowest BCUT2D eigenvalue weighted by Gasteiger charge is -2.32. The van der Waals surface area contributed by atoms with Crippen LogP contribution in [0.2, 0.25) is 0 Å². The topological polar surface area (TPSA) is 52.0 Å². The lowest BCUT2D eigenvalue weighted by Crippen LogP contribution is -2.43. The van der Waals surface area contributed by atoms with E-state index >= 15 is 0 Å². The zero-order chi connectivity index (χ0) is 18.1. The van der Waals surface area contributed by atoms with E-state index in [1.165, 1.54) is 5.70 Å². The number of nitrogens with one attached hydrogen (secondary N) is 2. The Morgan fingerprint density at radius 3 is 2.84 bits per heavy atom. The number of aliphatic imine (C=N–C) groups is 2. The molecule has 1 fully saturated rings. The smallest absolute Gasteiger partial charge is 0.139 e. The Labute approximate surface area is 151 Å². The van der Waals surface area contributed by atoms with Crippen LogP contribution in [0.3, 0.4) is 0 Å². The molecule has 2 aliphatic heterocycles. The molecule has 2 rings (SSSR count). The SMILES string of the molecule is C=N/C(=C\C=C/C)C1=CN=C(N/C=C/CC)/C1=C(\C)N1CCNCC1. The van der Waals surface area contributed by atoms with Gasteiger partial charge in [0.2, 0.25) is 0 Å². The molecule has 5 heteroatoms. The quantitative estimate of drug-likeness (QED) is 0.577. The molecule has 134 valence electrons. The molecule has 2 N–H and O–H groups in total. The third-order valence-electron chi connectivity index (χ3n) is 4.25. The van der Waals surface area contributed by atoms with Crippen LogP contribution in [-0.2, 0) is 0 Å². The summed E-state index contributed by atoms with van der Waals surface area (Å²) >= 11 is 0. The zero-order valence-electron chi connectivity index (χ0n) is 15.5. The Bertz CT molecular complexity index is 656. The fraction of sp³-hybridized carbons (Fsp3) is 0.400. The third kappa shape index (κ3) is 4.79. The van der Waals surface area contributed by atoms with Crippen molar-refractivity contribution in [2.24, 2.45) is 9.98 Å². The van der Waals surface area contributed by atoms with Crippen LogP contribution in [0.25, 0.3) is 0 Å². The molecular formula is C20H29N5. The molecule has 0 atom stereocenters. The van der Waals surface area contributed by atoms with E-state index in [2.05, 4.69) is 52.2 Å². The predicted molar refractivity (Wildman–Crippen MR) is 108 cm³/mol. The van der Waals surface area contributed by atoms with Crippen molar-refractivity contribution in [3.05, 3.63) is 59.2 Å². The highest BCUT2D eigenvalue weighted by Crippen LogP contribution is 2.30. The minimum absolute atomic E-state index is 0.836. The van der Waals surface area contributed by atoms with Gasteiger partial charge in [-0.25, -0.2) is 4.99 Å².